The van der Waals surface area contributed by atoms with Crippen LogP contribution in [0.5, 0.6) is 0 Å². The quantitative estimate of drug-likeness (QED) is 0.556. The van der Waals surface area contributed by atoms with E-state index in [1.54, 1.807) is 0 Å². The molecule has 17 heavy (non-hydrogen) atoms. The highest BCUT2D eigenvalue weighted by atomic mass is 15.4. The molecule has 0 N–H and O–H groups in total. The number of hydrogen-bond acceptors (Lipinski definition) is 1. The summed E-state index contributed by atoms with van der Waals surface area (Å²) in [4.78, 5) is 9.46. The molecule has 0 spiro atoms. The van der Waals surface area contributed by atoms with Crippen molar-refractivity contribution in [2.75, 3.05) is 7.05 Å². The van der Waals surface area contributed by atoms with Crippen LogP contribution in [-0.4, -0.2) is 47.0 Å². The van der Waals surface area contributed by atoms with Crippen molar-refractivity contribution in [2.45, 2.75) is 79.6 Å². The number of aliphatic imine (C=N–C) groups is 1. The van der Waals surface area contributed by atoms with Crippen molar-refractivity contribution in [3.05, 3.63) is 0 Å². The van der Waals surface area contributed by atoms with E-state index in [1.807, 2.05) is 0 Å². The van der Waals surface area contributed by atoms with E-state index in [0.717, 1.165) is 5.96 Å². The predicted molar refractivity (Wildman–Crippen MR) is 77.6 cm³/mol. The summed E-state index contributed by atoms with van der Waals surface area (Å²) in [5, 5.41) is 0. The van der Waals surface area contributed by atoms with Gasteiger partial charge in [0.2, 0.25) is 0 Å². The first kappa shape index (κ1) is 16.3. The number of guanidine groups is 1. The van der Waals surface area contributed by atoms with Crippen molar-refractivity contribution in [3.63, 3.8) is 0 Å². The Morgan fingerprint density at radius 3 is 1.41 bits per heavy atom. The maximum Gasteiger partial charge on any atom is 0.197 e. The minimum Gasteiger partial charge on any atom is -0.343 e. The first-order valence-corrected chi connectivity index (χ1v) is 6.77. The van der Waals surface area contributed by atoms with Gasteiger partial charge in [-0.1, -0.05) is 0 Å². The molecular formula is C14H31N3. The summed E-state index contributed by atoms with van der Waals surface area (Å²) in [6.07, 6.45) is 0. The number of nitrogens with zero attached hydrogens (tertiary/aromatic N) is 3. The molecule has 0 aliphatic heterocycles. The fourth-order valence-electron chi connectivity index (χ4n) is 1.86. The topological polar surface area (TPSA) is 18.8 Å². The van der Waals surface area contributed by atoms with Crippen LogP contribution in [0.25, 0.3) is 0 Å². The molecule has 0 saturated heterocycles. The fourth-order valence-corrected chi connectivity index (χ4v) is 1.86. The summed E-state index contributed by atoms with van der Waals surface area (Å²) in [7, 11) is 2.13. The van der Waals surface area contributed by atoms with Crippen LogP contribution in [0.3, 0.4) is 0 Å². The summed E-state index contributed by atoms with van der Waals surface area (Å²) >= 11 is 0. The molecule has 0 radical (unpaired) electrons. The zero-order valence-electron chi connectivity index (χ0n) is 13.2. The minimum absolute atomic E-state index is 0.325. The van der Waals surface area contributed by atoms with Crippen LogP contribution in [0.4, 0.5) is 0 Å². The van der Waals surface area contributed by atoms with E-state index in [9.17, 15) is 0 Å². The van der Waals surface area contributed by atoms with E-state index < -0.39 is 0 Å². The fraction of sp³-hybridized carbons (Fsp3) is 0.929. The molecule has 0 aromatic heterocycles. The van der Waals surface area contributed by atoms with Gasteiger partial charge in [-0.3, -0.25) is 4.99 Å². The predicted octanol–water partition coefficient (Wildman–Crippen LogP) is 3.21. The largest absolute Gasteiger partial charge is 0.343 e. The third-order valence-corrected chi connectivity index (χ3v) is 2.81. The molecule has 0 rings (SSSR count). The first-order valence-electron chi connectivity index (χ1n) is 6.77. The molecule has 0 aromatic carbocycles. The summed E-state index contributed by atoms with van der Waals surface area (Å²) in [5.74, 6) is 1.11. The lowest BCUT2D eigenvalue weighted by atomic mass is 10.2. The van der Waals surface area contributed by atoms with E-state index in [1.165, 1.54) is 0 Å². The van der Waals surface area contributed by atoms with Gasteiger partial charge in [-0.2, -0.15) is 0 Å². The normalized spacial score (nSPS) is 13.1. The zero-order valence-corrected chi connectivity index (χ0v) is 13.2. The van der Waals surface area contributed by atoms with Crippen LogP contribution in [0.2, 0.25) is 0 Å². The Morgan fingerprint density at radius 1 is 0.765 bits per heavy atom. The van der Waals surface area contributed by atoms with E-state index in [4.69, 9.17) is 4.99 Å². The van der Waals surface area contributed by atoms with Crippen molar-refractivity contribution in [1.29, 1.82) is 0 Å². The number of hydrogen-bond donors (Lipinski definition) is 0. The Labute approximate surface area is 108 Å². The molecule has 0 heterocycles. The lowest BCUT2D eigenvalue weighted by Gasteiger charge is -2.40. The SMILES string of the molecule is CC(C)/N=C(\N(C)C(C)C)N(C(C)C)C(C)C. The smallest absolute Gasteiger partial charge is 0.197 e. The Bertz CT molecular complexity index is 234. The van der Waals surface area contributed by atoms with E-state index in [0.29, 0.717) is 24.2 Å². The molecule has 3 heteroatoms. The van der Waals surface area contributed by atoms with Gasteiger partial charge in [0.1, 0.15) is 0 Å². The maximum absolute atomic E-state index is 4.81. The highest BCUT2D eigenvalue weighted by Gasteiger charge is 2.23. The van der Waals surface area contributed by atoms with Gasteiger partial charge in [0.05, 0.1) is 0 Å². The van der Waals surface area contributed by atoms with Gasteiger partial charge >= 0.3 is 0 Å². The molecule has 0 aliphatic rings. The highest BCUT2D eigenvalue weighted by molar-refractivity contribution is 5.81. The Balaban J connectivity index is 5.28. The van der Waals surface area contributed by atoms with Gasteiger partial charge in [-0.15, -0.1) is 0 Å². The zero-order chi connectivity index (χ0) is 13.7. The van der Waals surface area contributed by atoms with Crippen LogP contribution in [0, 0.1) is 0 Å². The summed E-state index contributed by atoms with van der Waals surface area (Å²) in [6, 6.07) is 1.72. The second-order valence-electron chi connectivity index (χ2n) is 5.82. The second kappa shape index (κ2) is 6.87. The molecule has 0 aliphatic carbocycles. The molecule has 102 valence electrons. The molecule has 0 atom stereocenters. The lowest BCUT2D eigenvalue weighted by molar-refractivity contribution is 0.237. The second-order valence-corrected chi connectivity index (χ2v) is 5.82. The average molecular weight is 241 g/mol. The standard InChI is InChI=1S/C14H31N3/c1-10(2)15-14(16(9)11(3)4)17(12(5)6)13(7)8/h10-13H,1-9H3/b15-14+. The van der Waals surface area contributed by atoms with Gasteiger partial charge in [0.25, 0.3) is 0 Å². The van der Waals surface area contributed by atoms with Crippen LogP contribution < -0.4 is 0 Å². The molecule has 3 nitrogen and oxygen atoms in total. The van der Waals surface area contributed by atoms with Crippen molar-refractivity contribution < 1.29 is 0 Å². The Kier molecular flexibility index (Phi) is 6.58. The van der Waals surface area contributed by atoms with Gasteiger partial charge in [0.15, 0.2) is 5.96 Å². The van der Waals surface area contributed by atoms with Crippen LogP contribution in [0.1, 0.15) is 55.4 Å². The van der Waals surface area contributed by atoms with Crippen molar-refractivity contribution in [2.24, 2.45) is 4.99 Å². The third kappa shape index (κ3) is 4.97. The number of rotatable bonds is 4. The van der Waals surface area contributed by atoms with E-state index in [2.05, 4.69) is 72.2 Å². The van der Waals surface area contributed by atoms with Crippen LogP contribution in [-0.2, 0) is 0 Å². The molecule has 0 fully saturated rings. The third-order valence-electron chi connectivity index (χ3n) is 2.81. The van der Waals surface area contributed by atoms with Gasteiger partial charge in [0, 0.05) is 31.2 Å². The summed E-state index contributed by atoms with van der Waals surface area (Å²) in [5.41, 5.74) is 0. The Morgan fingerprint density at radius 2 is 1.18 bits per heavy atom. The van der Waals surface area contributed by atoms with Crippen LogP contribution in [0.15, 0.2) is 4.99 Å². The van der Waals surface area contributed by atoms with Crippen molar-refractivity contribution >= 4 is 5.96 Å². The molecule has 0 saturated carbocycles. The van der Waals surface area contributed by atoms with E-state index in [-0.39, 0.29) is 0 Å². The lowest BCUT2D eigenvalue weighted by Crippen LogP contribution is -2.51. The first-order chi connectivity index (χ1) is 7.68. The molecule has 0 amide bonds. The maximum atomic E-state index is 4.81. The summed E-state index contributed by atoms with van der Waals surface area (Å²) < 4.78 is 0. The highest BCUT2D eigenvalue weighted by Crippen LogP contribution is 2.12. The average Bonchev–Trinajstić information content (AvgIpc) is 2.13. The molecule has 0 bridgehead atoms. The Hall–Kier alpha value is -0.730. The van der Waals surface area contributed by atoms with Crippen LogP contribution >= 0.6 is 0 Å². The van der Waals surface area contributed by atoms with Gasteiger partial charge in [-0.25, -0.2) is 0 Å². The minimum atomic E-state index is 0.325. The molecule has 0 unspecified atom stereocenters. The van der Waals surface area contributed by atoms with Gasteiger partial charge in [-0.05, 0) is 55.4 Å². The van der Waals surface area contributed by atoms with Crippen molar-refractivity contribution in [1.82, 2.24) is 9.80 Å². The molecule has 0 aromatic rings. The van der Waals surface area contributed by atoms with Gasteiger partial charge < -0.3 is 9.80 Å². The summed E-state index contributed by atoms with van der Waals surface area (Å²) in [6.45, 7) is 17.6. The molecular weight excluding hydrogens is 210 g/mol. The van der Waals surface area contributed by atoms with Crippen molar-refractivity contribution in [3.8, 4) is 0 Å². The van der Waals surface area contributed by atoms with E-state index >= 15 is 0 Å². The monoisotopic (exact) mass is 241 g/mol.